The van der Waals surface area contributed by atoms with E-state index in [4.69, 9.17) is 9.47 Å². The SMILES string of the molecule is COc1cc(/C=C(/C#N)C(=O)N[C@@H](C)c2ccccc2)c(Br)cc1OCc1ccc(Br)cc1. The topological polar surface area (TPSA) is 71.3 Å². The minimum atomic E-state index is -0.449. The number of ether oxygens (including phenoxy) is 2. The maximum Gasteiger partial charge on any atom is 0.262 e. The van der Waals surface area contributed by atoms with Gasteiger partial charge in [-0.3, -0.25) is 4.79 Å². The van der Waals surface area contributed by atoms with Crippen LogP contribution in [0.3, 0.4) is 0 Å². The Labute approximate surface area is 210 Å². The van der Waals surface area contributed by atoms with E-state index in [9.17, 15) is 10.1 Å². The standard InChI is InChI=1S/C26H22Br2N2O3/c1-17(19-6-4-3-5-7-19)30-26(31)21(15-29)12-20-13-24(32-2)25(14-23(20)28)33-16-18-8-10-22(27)11-9-18/h3-14,17H,16H2,1-2H3,(H,30,31)/b21-12-/t17-/m0/s1. The second-order valence-corrected chi connectivity index (χ2v) is 8.99. The molecule has 0 bridgehead atoms. The van der Waals surface area contributed by atoms with Gasteiger partial charge in [0.2, 0.25) is 0 Å². The molecule has 3 aromatic carbocycles. The fourth-order valence-corrected chi connectivity index (χ4v) is 3.78. The van der Waals surface area contributed by atoms with Crippen LogP contribution in [0.15, 0.2) is 81.2 Å². The first-order chi connectivity index (χ1) is 15.9. The molecule has 0 aromatic heterocycles. The number of carbonyl (C=O) groups excluding carboxylic acids is 1. The van der Waals surface area contributed by atoms with Crippen LogP contribution in [0.25, 0.3) is 6.08 Å². The van der Waals surface area contributed by atoms with Gasteiger partial charge in [-0.05, 0) is 54.0 Å². The van der Waals surface area contributed by atoms with E-state index < -0.39 is 5.91 Å². The first-order valence-corrected chi connectivity index (χ1v) is 11.7. The number of amides is 1. The molecule has 0 saturated heterocycles. The minimum Gasteiger partial charge on any atom is -0.493 e. The van der Waals surface area contributed by atoms with E-state index in [1.807, 2.05) is 67.6 Å². The molecule has 0 aliphatic rings. The molecule has 0 aliphatic carbocycles. The molecule has 0 spiro atoms. The van der Waals surface area contributed by atoms with Gasteiger partial charge in [0.15, 0.2) is 11.5 Å². The molecule has 5 nitrogen and oxygen atoms in total. The predicted molar refractivity (Wildman–Crippen MR) is 136 cm³/mol. The van der Waals surface area contributed by atoms with Gasteiger partial charge in [-0.1, -0.05) is 74.3 Å². The Bertz CT molecular complexity index is 1190. The molecule has 33 heavy (non-hydrogen) atoms. The fourth-order valence-electron chi connectivity index (χ4n) is 3.08. The van der Waals surface area contributed by atoms with Crippen LogP contribution >= 0.6 is 31.9 Å². The van der Waals surface area contributed by atoms with Gasteiger partial charge in [-0.15, -0.1) is 0 Å². The molecule has 3 rings (SSSR count). The maximum atomic E-state index is 12.7. The summed E-state index contributed by atoms with van der Waals surface area (Å²) in [5.74, 6) is 0.595. The van der Waals surface area contributed by atoms with Gasteiger partial charge >= 0.3 is 0 Å². The van der Waals surface area contributed by atoms with Crippen molar-refractivity contribution in [3.05, 3.63) is 97.9 Å². The highest BCUT2D eigenvalue weighted by atomic mass is 79.9. The highest BCUT2D eigenvalue weighted by Crippen LogP contribution is 2.35. The van der Waals surface area contributed by atoms with Crippen molar-refractivity contribution in [2.24, 2.45) is 0 Å². The number of rotatable bonds is 8. The third kappa shape index (κ3) is 6.70. The zero-order valence-corrected chi connectivity index (χ0v) is 21.3. The van der Waals surface area contributed by atoms with E-state index in [1.54, 1.807) is 19.2 Å². The fraction of sp³-hybridized carbons (Fsp3) is 0.154. The molecule has 7 heteroatoms. The third-order valence-electron chi connectivity index (χ3n) is 4.90. The van der Waals surface area contributed by atoms with Gasteiger partial charge in [0.25, 0.3) is 5.91 Å². The molecule has 0 aliphatic heterocycles. The molecule has 1 amide bonds. The number of hydrogen-bond donors (Lipinski definition) is 1. The Hall–Kier alpha value is -3.08. The smallest absolute Gasteiger partial charge is 0.262 e. The number of halogens is 2. The lowest BCUT2D eigenvalue weighted by atomic mass is 10.1. The number of carbonyl (C=O) groups is 1. The molecule has 0 saturated carbocycles. The van der Waals surface area contributed by atoms with Crippen LogP contribution in [0.4, 0.5) is 0 Å². The summed E-state index contributed by atoms with van der Waals surface area (Å²) in [6.07, 6.45) is 1.53. The summed E-state index contributed by atoms with van der Waals surface area (Å²) in [6, 6.07) is 22.7. The lowest BCUT2D eigenvalue weighted by molar-refractivity contribution is -0.117. The monoisotopic (exact) mass is 568 g/mol. The van der Waals surface area contributed by atoms with Crippen molar-refractivity contribution < 1.29 is 14.3 Å². The number of benzene rings is 3. The van der Waals surface area contributed by atoms with Crippen LogP contribution in [0.5, 0.6) is 11.5 Å². The van der Waals surface area contributed by atoms with Gasteiger partial charge in [0, 0.05) is 8.95 Å². The Morgan fingerprint density at radius 3 is 2.42 bits per heavy atom. The van der Waals surface area contributed by atoms with Gasteiger partial charge in [-0.25, -0.2) is 0 Å². The van der Waals surface area contributed by atoms with Crippen molar-refractivity contribution in [1.29, 1.82) is 5.26 Å². The van der Waals surface area contributed by atoms with E-state index in [-0.39, 0.29) is 11.6 Å². The van der Waals surface area contributed by atoms with E-state index in [0.29, 0.717) is 28.1 Å². The lowest BCUT2D eigenvalue weighted by Gasteiger charge is -2.15. The van der Waals surface area contributed by atoms with Crippen molar-refractivity contribution >= 4 is 43.8 Å². The Kier molecular flexibility index (Phi) is 8.70. The number of nitriles is 1. The molecule has 168 valence electrons. The lowest BCUT2D eigenvalue weighted by Crippen LogP contribution is -2.27. The minimum absolute atomic E-state index is 0.0101. The van der Waals surface area contributed by atoms with Crippen molar-refractivity contribution in [3.63, 3.8) is 0 Å². The van der Waals surface area contributed by atoms with Crippen LogP contribution in [0.2, 0.25) is 0 Å². The van der Waals surface area contributed by atoms with Crippen molar-refractivity contribution in [1.82, 2.24) is 5.32 Å². The normalized spacial score (nSPS) is 11.9. The zero-order valence-electron chi connectivity index (χ0n) is 18.1. The van der Waals surface area contributed by atoms with Crippen LogP contribution in [0.1, 0.15) is 29.7 Å². The molecule has 0 heterocycles. The van der Waals surface area contributed by atoms with Crippen LogP contribution in [0, 0.1) is 11.3 Å². The Morgan fingerprint density at radius 2 is 1.79 bits per heavy atom. The van der Waals surface area contributed by atoms with E-state index in [0.717, 1.165) is 15.6 Å². The molecule has 0 unspecified atom stereocenters. The number of nitrogens with zero attached hydrogens (tertiary/aromatic N) is 1. The highest BCUT2D eigenvalue weighted by Gasteiger charge is 2.16. The van der Waals surface area contributed by atoms with Crippen molar-refractivity contribution in [3.8, 4) is 17.6 Å². The summed E-state index contributed by atoms with van der Waals surface area (Å²) in [5.41, 5.74) is 2.58. The van der Waals surface area contributed by atoms with Gasteiger partial charge in [0.05, 0.1) is 13.2 Å². The van der Waals surface area contributed by atoms with Crippen LogP contribution in [-0.4, -0.2) is 13.0 Å². The summed E-state index contributed by atoms with van der Waals surface area (Å²) in [7, 11) is 1.54. The number of hydrogen-bond acceptors (Lipinski definition) is 4. The van der Waals surface area contributed by atoms with E-state index >= 15 is 0 Å². The number of nitrogens with one attached hydrogen (secondary N) is 1. The van der Waals surface area contributed by atoms with Crippen LogP contribution in [-0.2, 0) is 11.4 Å². The largest absolute Gasteiger partial charge is 0.493 e. The molecule has 3 aromatic rings. The second-order valence-electron chi connectivity index (χ2n) is 7.22. The van der Waals surface area contributed by atoms with Crippen LogP contribution < -0.4 is 14.8 Å². The molecule has 0 fully saturated rings. The Balaban J connectivity index is 1.78. The summed E-state index contributed by atoms with van der Waals surface area (Å²) in [5, 5.41) is 12.5. The average molecular weight is 570 g/mol. The molecule has 0 radical (unpaired) electrons. The predicted octanol–water partition coefficient (Wildman–Crippen LogP) is 6.58. The van der Waals surface area contributed by atoms with Gasteiger partial charge in [0.1, 0.15) is 18.2 Å². The van der Waals surface area contributed by atoms with Gasteiger partial charge < -0.3 is 14.8 Å². The quantitative estimate of drug-likeness (QED) is 0.245. The van der Waals surface area contributed by atoms with E-state index in [2.05, 4.69) is 37.2 Å². The van der Waals surface area contributed by atoms with E-state index in [1.165, 1.54) is 6.08 Å². The van der Waals surface area contributed by atoms with Gasteiger partial charge in [-0.2, -0.15) is 5.26 Å². The molecular weight excluding hydrogens is 548 g/mol. The third-order valence-corrected chi connectivity index (χ3v) is 6.12. The first-order valence-electron chi connectivity index (χ1n) is 10.1. The summed E-state index contributed by atoms with van der Waals surface area (Å²) in [6.45, 7) is 2.24. The maximum absolute atomic E-state index is 12.7. The number of methoxy groups -OCH3 is 1. The summed E-state index contributed by atoms with van der Waals surface area (Å²) < 4.78 is 13.1. The summed E-state index contributed by atoms with van der Waals surface area (Å²) in [4.78, 5) is 12.7. The molecular formula is C26H22Br2N2O3. The highest BCUT2D eigenvalue weighted by molar-refractivity contribution is 9.10. The van der Waals surface area contributed by atoms with Crippen molar-refractivity contribution in [2.75, 3.05) is 7.11 Å². The molecule has 1 N–H and O–H groups in total. The van der Waals surface area contributed by atoms with Crippen molar-refractivity contribution in [2.45, 2.75) is 19.6 Å². The second kappa shape index (κ2) is 11.7. The molecule has 1 atom stereocenters. The zero-order chi connectivity index (χ0) is 23.8. The average Bonchev–Trinajstić information content (AvgIpc) is 2.83. The summed E-state index contributed by atoms with van der Waals surface area (Å²) >= 11 is 6.93. The first kappa shape index (κ1) is 24.6. The Morgan fingerprint density at radius 1 is 1.09 bits per heavy atom.